The minimum Gasteiger partial charge on any atom is -0.383 e. The van der Waals surface area contributed by atoms with E-state index in [0.717, 1.165) is 55.1 Å². The number of thiophene rings is 1. The summed E-state index contributed by atoms with van der Waals surface area (Å²) in [5.74, 6) is 1.36. The second kappa shape index (κ2) is 10.6. The minimum absolute atomic E-state index is 0.149. The van der Waals surface area contributed by atoms with Crippen molar-refractivity contribution in [3.05, 3.63) is 34.5 Å². The summed E-state index contributed by atoms with van der Waals surface area (Å²) in [6.45, 7) is 5.34. The number of amides is 2. The molecule has 2 aliphatic rings. The first-order valence-electron chi connectivity index (χ1n) is 11.0. The maximum atomic E-state index is 12.9. The van der Waals surface area contributed by atoms with Crippen molar-refractivity contribution in [1.82, 2.24) is 20.1 Å². The van der Waals surface area contributed by atoms with Gasteiger partial charge in [-0.15, -0.1) is 28.1 Å². The number of hydrogen-bond acceptors (Lipinski definition) is 7. The molecule has 0 spiro atoms. The van der Waals surface area contributed by atoms with E-state index in [1.807, 2.05) is 10.6 Å². The third-order valence-electron chi connectivity index (χ3n) is 5.58. The van der Waals surface area contributed by atoms with Gasteiger partial charge in [-0.2, -0.15) is 0 Å². The third kappa shape index (κ3) is 5.24. The van der Waals surface area contributed by atoms with Gasteiger partial charge in [-0.3, -0.25) is 9.59 Å². The molecule has 0 saturated heterocycles. The fourth-order valence-electron chi connectivity index (χ4n) is 3.89. The topological polar surface area (TPSA) is 98.1 Å². The lowest BCUT2D eigenvalue weighted by molar-refractivity contribution is -0.113. The number of aromatic nitrogens is 3. The molecule has 4 rings (SSSR count). The molecule has 10 heteroatoms. The average Bonchev–Trinajstić information content (AvgIpc) is 3.45. The van der Waals surface area contributed by atoms with Crippen LogP contribution in [0.25, 0.3) is 0 Å². The van der Waals surface area contributed by atoms with Crippen molar-refractivity contribution in [1.29, 1.82) is 0 Å². The summed E-state index contributed by atoms with van der Waals surface area (Å²) in [5.41, 5.74) is 1.70. The van der Waals surface area contributed by atoms with Gasteiger partial charge in [0.25, 0.3) is 5.91 Å². The number of carbonyl (C=O) groups excluding carboxylic acids is 2. The molecule has 2 aliphatic carbocycles. The van der Waals surface area contributed by atoms with Gasteiger partial charge in [0.15, 0.2) is 5.16 Å². The molecule has 2 amide bonds. The Morgan fingerprint density at radius 1 is 1.31 bits per heavy atom. The molecular weight excluding hydrogens is 446 g/mol. The van der Waals surface area contributed by atoms with Crippen LogP contribution in [0, 0.1) is 0 Å². The van der Waals surface area contributed by atoms with Crippen LogP contribution in [-0.2, 0) is 28.9 Å². The predicted molar refractivity (Wildman–Crippen MR) is 127 cm³/mol. The maximum absolute atomic E-state index is 12.9. The molecule has 8 nitrogen and oxygen atoms in total. The number of anilines is 1. The van der Waals surface area contributed by atoms with Crippen molar-refractivity contribution in [2.75, 3.05) is 31.3 Å². The van der Waals surface area contributed by atoms with Crippen LogP contribution in [0.3, 0.4) is 0 Å². The summed E-state index contributed by atoms with van der Waals surface area (Å²) in [5, 5.41) is 15.9. The highest BCUT2D eigenvalue weighted by Gasteiger charge is 2.30. The Balaban J connectivity index is 1.44. The molecule has 0 aliphatic heterocycles. The lowest BCUT2D eigenvalue weighted by Crippen LogP contribution is -2.29. The predicted octanol–water partition coefficient (Wildman–Crippen LogP) is 3.39. The molecule has 172 valence electrons. The fourth-order valence-corrected chi connectivity index (χ4v) is 5.95. The van der Waals surface area contributed by atoms with Crippen LogP contribution < -0.4 is 10.6 Å². The normalized spacial score (nSPS) is 15.3. The van der Waals surface area contributed by atoms with Crippen LogP contribution in [0.5, 0.6) is 0 Å². The summed E-state index contributed by atoms with van der Waals surface area (Å²) in [6, 6.07) is 0. The summed E-state index contributed by atoms with van der Waals surface area (Å²) >= 11 is 2.89. The average molecular weight is 476 g/mol. The lowest BCUT2D eigenvalue weighted by atomic mass is 9.95. The van der Waals surface area contributed by atoms with E-state index >= 15 is 0 Å². The number of aryl methyl sites for hydroxylation is 1. The van der Waals surface area contributed by atoms with Gasteiger partial charge < -0.3 is 19.9 Å². The summed E-state index contributed by atoms with van der Waals surface area (Å²) in [4.78, 5) is 26.9. The van der Waals surface area contributed by atoms with Crippen LogP contribution in [0.1, 0.15) is 58.2 Å². The van der Waals surface area contributed by atoms with Crippen molar-refractivity contribution in [2.45, 2.75) is 56.1 Å². The number of carbonyl (C=O) groups is 2. The molecule has 1 saturated carbocycles. The molecule has 32 heavy (non-hydrogen) atoms. The van der Waals surface area contributed by atoms with Crippen LogP contribution in [-0.4, -0.2) is 52.6 Å². The Labute approximate surface area is 196 Å². The number of hydrogen-bond donors (Lipinski definition) is 2. The zero-order valence-corrected chi connectivity index (χ0v) is 19.9. The summed E-state index contributed by atoms with van der Waals surface area (Å²) in [6.07, 6.45) is 8.11. The Hall–Kier alpha value is -2.17. The minimum atomic E-state index is -0.152. The van der Waals surface area contributed by atoms with Gasteiger partial charge in [0, 0.05) is 31.0 Å². The highest BCUT2D eigenvalue weighted by atomic mass is 32.2. The Bertz CT molecular complexity index is 996. The molecule has 0 atom stereocenters. The van der Waals surface area contributed by atoms with E-state index in [1.165, 1.54) is 28.0 Å². The van der Waals surface area contributed by atoms with Crippen molar-refractivity contribution in [2.24, 2.45) is 0 Å². The van der Waals surface area contributed by atoms with E-state index < -0.39 is 0 Å². The lowest BCUT2D eigenvalue weighted by Gasteiger charge is -2.13. The zero-order chi connectivity index (χ0) is 22.5. The molecule has 0 unspecified atom stereocenters. The summed E-state index contributed by atoms with van der Waals surface area (Å²) in [7, 11) is 1.60. The van der Waals surface area contributed by atoms with Gasteiger partial charge in [-0.1, -0.05) is 17.8 Å². The van der Waals surface area contributed by atoms with E-state index in [-0.39, 0.29) is 17.6 Å². The van der Waals surface area contributed by atoms with E-state index in [4.69, 9.17) is 4.74 Å². The monoisotopic (exact) mass is 475 g/mol. The van der Waals surface area contributed by atoms with Gasteiger partial charge in [-0.05, 0) is 44.1 Å². The van der Waals surface area contributed by atoms with E-state index in [2.05, 4.69) is 27.4 Å². The molecule has 2 N–H and O–H groups in total. The number of allylic oxidation sites excluding steroid dienone is 1. The zero-order valence-electron chi connectivity index (χ0n) is 18.3. The molecule has 2 aromatic rings. The number of rotatable bonds is 11. The first-order valence-corrected chi connectivity index (χ1v) is 12.8. The molecule has 0 radical (unpaired) electrons. The van der Waals surface area contributed by atoms with Gasteiger partial charge in [0.05, 0.1) is 17.9 Å². The highest BCUT2D eigenvalue weighted by molar-refractivity contribution is 7.99. The van der Waals surface area contributed by atoms with Crippen LogP contribution in [0.4, 0.5) is 5.00 Å². The quantitative estimate of drug-likeness (QED) is 0.294. The number of fused-ring (bicyclic) bond motifs is 1. The number of methoxy groups -OCH3 is 1. The number of nitrogens with one attached hydrogen (secondary N) is 2. The molecule has 0 bridgehead atoms. The van der Waals surface area contributed by atoms with Crippen molar-refractivity contribution in [3.63, 3.8) is 0 Å². The van der Waals surface area contributed by atoms with E-state index in [9.17, 15) is 9.59 Å². The molecule has 2 aromatic heterocycles. The first-order chi connectivity index (χ1) is 15.6. The Morgan fingerprint density at radius 3 is 2.88 bits per heavy atom. The Kier molecular flexibility index (Phi) is 7.64. The highest BCUT2D eigenvalue weighted by Crippen LogP contribution is 2.40. The fraction of sp³-hybridized carbons (Fsp3) is 0.545. The summed E-state index contributed by atoms with van der Waals surface area (Å²) < 4.78 is 7.08. The van der Waals surface area contributed by atoms with Crippen molar-refractivity contribution < 1.29 is 14.3 Å². The molecular formula is C22H29N5O3S2. The number of thioether (sulfide) groups is 1. The number of nitrogens with zero attached hydrogens (tertiary/aromatic N) is 3. The second-order valence-corrected chi connectivity index (χ2v) is 10.1. The van der Waals surface area contributed by atoms with Gasteiger partial charge in [-0.25, -0.2) is 0 Å². The van der Waals surface area contributed by atoms with Crippen LogP contribution in [0.2, 0.25) is 0 Å². The maximum Gasteiger partial charge on any atom is 0.254 e. The smallest absolute Gasteiger partial charge is 0.254 e. The molecule has 0 aromatic carbocycles. The SMILES string of the molecule is C=CCn1c(SCC(=O)Nc2sc3c(c2C(=O)NCCOC)CCCC3)nnc1C1CC1. The molecule has 2 heterocycles. The van der Waals surface area contributed by atoms with Gasteiger partial charge in [0.2, 0.25) is 5.91 Å². The van der Waals surface area contributed by atoms with Crippen molar-refractivity contribution in [3.8, 4) is 0 Å². The van der Waals surface area contributed by atoms with Crippen molar-refractivity contribution >= 4 is 39.9 Å². The number of ether oxygens (including phenoxy) is 1. The van der Waals surface area contributed by atoms with E-state index in [0.29, 0.717) is 36.2 Å². The largest absolute Gasteiger partial charge is 0.383 e. The van der Waals surface area contributed by atoms with Gasteiger partial charge in [0.1, 0.15) is 10.8 Å². The Morgan fingerprint density at radius 2 is 2.12 bits per heavy atom. The van der Waals surface area contributed by atoms with Gasteiger partial charge >= 0.3 is 0 Å². The third-order valence-corrected chi connectivity index (χ3v) is 7.75. The van der Waals surface area contributed by atoms with Crippen LogP contribution >= 0.6 is 23.1 Å². The van der Waals surface area contributed by atoms with E-state index in [1.54, 1.807) is 7.11 Å². The second-order valence-electron chi connectivity index (χ2n) is 8.01. The first kappa shape index (κ1) is 23.0. The molecule has 1 fully saturated rings. The van der Waals surface area contributed by atoms with Crippen LogP contribution in [0.15, 0.2) is 17.8 Å². The standard InChI is InChI=1S/C22H29N5O3S2/c1-3-11-27-19(14-8-9-14)25-26-22(27)31-13-17(28)24-21-18(20(29)23-10-12-30-2)15-6-4-5-7-16(15)32-21/h3,14H,1,4-13H2,2H3,(H,23,29)(H,24,28).